The third-order valence-electron chi connectivity index (χ3n) is 10.2. The maximum Gasteiger partial charge on any atom is 0.137 e. The summed E-state index contributed by atoms with van der Waals surface area (Å²) in [6, 6.07) is 69.8. The van der Waals surface area contributed by atoms with Crippen molar-refractivity contribution in [3.05, 3.63) is 218 Å². The number of nitriles is 2. The lowest BCUT2D eigenvalue weighted by Crippen LogP contribution is -2.13. The standard InChI is InChI=1S/C52H34N6/c53-35-45-33-41(39-11-3-1-4-12-39)23-27-49(45)57(51-15-7-9-29-55-51)47-25-19-37-18-22-44-32-38(17-21-43(47)31-37)20-26-48(44)58(52-16-8-10-30-56-52)50-28-24-42(34-46(50)36-54)40-13-5-2-6-14-40/h1-34H. The zero-order valence-electron chi connectivity index (χ0n) is 31.3. The van der Waals surface area contributed by atoms with Gasteiger partial charge in [-0.05, 0) is 117 Å². The minimum atomic E-state index is 0.541. The zero-order valence-corrected chi connectivity index (χ0v) is 31.3. The maximum atomic E-state index is 10.5. The van der Waals surface area contributed by atoms with Gasteiger partial charge in [0.1, 0.15) is 23.8 Å². The molecule has 4 bridgehead atoms. The van der Waals surface area contributed by atoms with Gasteiger partial charge in [-0.3, -0.25) is 9.80 Å². The number of pyridine rings is 2. The summed E-state index contributed by atoms with van der Waals surface area (Å²) in [4.78, 5) is 13.6. The van der Waals surface area contributed by atoms with Crippen molar-refractivity contribution in [3.8, 4) is 34.4 Å². The van der Waals surface area contributed by atoms with E-state index in [0.717, 1.165) is 66.5 Å². The number of fused-ring (bicyclic) bond motifs is 4. The van der Waals surface area contributed by atoms with Crippen LogP contribution in [0.5, 0.6) is 0 Å². The largest absolute Gasteiger partial charge is 0.293 e. The molecule has 0 aliphatic heterocycles. The van der Waals surface area contributed by atoms with Crippen LogP contribution in [0.2, 0.25) is 0 Å². The highest BCUT2D eigenvalue weighted by Crippen LogP contribution is 2.42. The average molecular weight is 743 g/mol. The topological polar surface area (TPSA) is 79.8 Å². The third-order valence-corrected chi connectivity index (χ3v) is 10.2. The van der Waals surface area contributed by atoms with Gasteiger partial charge in [0.2, 0.25) is 0 Å². The number of rotatable bonds is 8. The van der Waals surface area contributed by atoms with Crippen molar-refractivity contribution in [1.82, 2.24) is 9.97 Å². The van der Waals surface area contributed by atoms with Gasteiger partial charge < -0.3 is 0 Å². The molecule has 0 spiro atoms. The minimum absolute atomic E-state index is 0.541. The van der Waals surface area contributed by atoms with Crippen molar-refractivity contribution in [2.24, 2.45) is 0 Å². The first-order valence-corrected chi connectivity index (χ1v) is 18.9. The van der Waals surface area contributed by atoms with Gasteiger partial charge in [0, 0.05) is 12.4 Å². The van der Waals surface area contributed by atoms with Gasteiger partial charge in [0.15, 0.2) is 0 Å². The molecule has 7 aromatic carbocycles. The molecule has 2 aromatic heterocycles. The van der Waals surface area contributed by atoms with Crippen LogP contribution in [0.15, 0.2) is 207 Å². The Kier molecular flexibility index (Phi) is 9.64. The van der Waals surface area contributed by atoms with Gasteiger partial charge in [0.05, 0.1) is 33.9 Å². The van der Waals surface area contributed by atoms with Gasteiger partial charge in [-0.25, -0.2) is 9.97 Å². The number of nitrogens with zero attached hydrogens (tertiary/aromatic N) is 6. The summed E-state index contributed by atoms with van der Waals surface area (Å²) in [5.41, 5.74) is 8.36. The molecule has 58 heavy (non-hydrogen) atoms. The first-order valence-electron chi connectivity index (χ1n) is 18.9. The van der Waals surface area contributed by atoms with Crippen molar-refractivity contribution in [3.63, 3.8) is 0 Å². The lowest BCUT2D eigenvalue weighted by molar-refractivity contribution is 1.18. The number of anilines is 6. The zero-order chi connectivity index (χ0) is 39.3. The molecule has 9 aromatic rings. The Morgan fingerprint density at radius 1 is 0.345 bits per heavy atom. The Bertz CT molecular complexity index is 2820. The van der Waals surface area contributed by atoms with E-state index in [-0.39, 0.29) is 0 Å². The SMILES string of the molecule is N#Cc1cc(-c2ccccc2)ccc1N(c1ccccn1)c1ccc2ccc3cc(ccc3N(c3ccccn3)c3ccc(-c4ccccc4)cc3C#N)ccc1c2. The second-order valence-electron chi connectivity index (χ2n) is 13.8. The van der Waals surface area contributed by atoms with Crippen molar-refractivity contribution in [2.75, 3.05) is 9.80 Å². The highest BCUT2D eigenvalue weighted by Gasteiger charge is 2.21. The molecule has 0 aliphatic rings. The monoisotopic (exact) mass is 742 g/mol. The molecule has 0 amide bonds. The highest BCUT2D eigenvalue weighted by atomic mass is 15.2. The molecule has 9 rings (SSSR count). The normalized spacial score (nSPS) is 10.7. The summed E-state index contributed by atoms with van der Waals surface area (Å²) >= 11 is 0. The summed E-state index contributed by atoms with van der Waals surface area (Å²) in [6.45, 7) is 0. The molecule has 272 valence electrons. The van der Waals surface area contributed by atoms with Crippen LogP contribution in [-0.2, 0) is 0 Å². The van der Waals surface area contributed by atoms with Crippen molar-refractivity contribution in [1.29, 1.82) is 10.5 Å². The van der Waals surface area contributed by atoms with E-state index in [4.69, 9.17) is 9.97 Å². The van der Waals surface area contributed by atoms with Crippen LogP contribution in [0, 0.1) is 22.7 Å². The van der Waals surface area contributed by atoms with Crippen molar-refractivity contribution >= 4 is 55.9 Å². The van der Waals surface area contributed by atoms with Gasteiger partial charge in [0.25, 0.3) is 0 Å². The molecule has 0 saturated carbocycles. The second kappa shape index (κ2) is 15.8. The fourth-order valence-corrected chi connectivity index (χ4v) is 7.39. The summed E-state index contributed by atoms with van der Waals surface area (Å²) in [7, 11) is 0. The molecule has 6 heteroatoms. The van der Waals surface area contributed by atoms with E-state index in [1.165, 1.54) is 0 Å². The van der Waals surface area contributed by atoms with Crippen LogP contribution < -0.4 is 9.80 Å². The molecule has 0 atom stereocenters. The summed E-state index contributed by atoms with van der Waals surface area (Å²) < 4.78 is 0. The second-order valence-corrected chi connectivity index (χ2v) is 13.8. The molecule has 0 N–H and O–H groups in total. The van der Waals surface area contributed by atoms with Crippen LogP contribution >= 0.6 is 0 Å². The van der Waals surface area contributed by atoms with Crippen LogP contribution in [0.1, 0.15) is 11.1 Å². The summed E-state index contributed by atoms with van der Waals surface area (Å²) in [5.74, 6) is 1.40. The molecule has 0 saturated heterocycles. The van der Waals surface area contributed by atoms with Crippen molar-refractivity contribution in [2.45, 2.75) is 0 Å². The van der Waals surface area contributed by atoms with Gasteiger partial charge in [-0.1, -0.05) is 121 Å². The van der Waals surface area contributed by atoms with Crippen LogP contribution in [0.25, 0.3) is 43.8 Å². The van der Waals surface area contributed by atoms with Gasteiger partial charge in [-0.15, -0.1) is 0 Å². The van der Waals surface area contributed by atoms with Crippen LogP contribution in [0.4, 0.5) is 34.4 Å². The fourth-order valence-electron chi connectivity index (χ4n) is 7.39. The van der Waals surface area contributed by atoms with E-state index in [1.54, 1.807) is 12.4 Å². The molecular formula is C52H34N6. The Morgan fingerprint density at radius 2 is 0.741 bits per heavy atom. The number of benzene rings is 6. The van der Waals surface area contributed by atoms with Crippen LogP contribution in [-0.4, -0.2) is 9.97 Å². The lowest BCUT2D eigenvalue weighted by Gasteiger charge is -2.27. The number of hydrogen-bond acceptors (Lipinski definition) is 6. The quantitative estimate of drug-likeness (QED) is 0.154. The number of hydrogen-bond donors (Lipinski definition) is 0. The van der Waals surface area contributed by atoms with Gasteiger partial charge in [-0.2, -0.15) is 10.5 Å². The van der Waals surface area contributed by atoms with E-state index in [1.807, 2.05) is 121 Å². The van der Waals surface area contributed by atoms with E-state index < -0.39 is 0 Å². The molecule has 6 nitrogen and oxygen atoms in total. The minimum Gasteiger partial charge on any atom is -0.293 e. The molecule has 2 heterocycles. The Hall–Kier alpha value is -8.32. The van der Waals surface area contributed by atoms with E-state index in [2.05, 4.69) is 94.7 Å². The van der Waals surface area contributed by atoms with E-state index in [9.17, 15) is 10.5 Å². The predicted molar refractivity (Wildman–Crippen MR) is 236 cm³/mol. The lowest BCUT2D eigenvalue weighted by atomic mass is 10.0. The molecule has 0 aliphatic carbocycles. The Labute approximate surface area is 337 Å². The maximum absolute atomic E-state index is 10.5. The predicted octanol–water partition coefficient (Wildman–Crippen LogP) is 13.4. The fraction of sp³-hybridized carbons (Fsp3) is 0. The highest BCUT2D eigenvalue weighted by molar-refractivity contribution is 5.95. The smallest absolute Gasteiger partial charge is 0.137 e. The molecular weight excluding hydrogens is 709 g/mol. The molecule has 0 unspecified atom stereocenters. The van der Waals surface area contributed by atoms with Crippen LogP contribution in [0.3, 0.4) is 0 Å². The van der Waals surface area contributed by atoms with Crippen molar-refractivity contribution < 1.29 is 0 Å². The first kappa shape index (κ1) is 35.4. The third kappa shape index (κ3) is 7.02. The van der Waals surface area contributed by atoms with Gasteiger partial charge >= 0.3 is 0 Å². The molecule has 0 fully saturated rings. The van der Waals surface area contributed by atoms with E-state index in [0.29, 0.717) is 22.8 Å². The number of aromatic nitrogens is 2. The average Bonchev–Trinajstić information content (AvgIpc) is 3.30. The first-order chi connectivity index (χ1) is 28.7. The molecule has 0 radical (unpaired) electrons. The summed E-state index contributed by atoms with van der Waals surface area (Å²) in [5, 5.41) is 24.9. The Morgan fingerprint density at radius 3 is 1.14 bits per heavy atom. The van der Waals surface area contributed by atoms with E-state index >= 15 is 0 Å². The Balaban J connectivity index is 1.18. The summed E-state index contributed by atoms with van der Waals surface area (Å²) in [6.07, 6.45) is 3.54.